The van der Waals surface area contributed by atoms with E-state index >= 15 is 0 Å². The fourth-order valence-corrected chi connectivity index (χ4v) is 2.92. The molecule has 0 saturated carbocycles. The van der Waals surface area contributed by atoms with E-state index < -0.39 is 0 Å². The summed E-state index contributed by atoms with van der Waals surface area (Å²) in [5.41, 5.74) is 8.11. The van der Waals surface area contributed by atoms with Gasteiger partial charge in [0.2, 0.25) is 0 Å². The number of aromatic nitrogens is 1. The second-order valence-electron chi connectivity index (χ2n) is 5.67. The first-order chi connectivity index (χ1) is 9.98. The monoisotopic (exact) mass is 353 g/mol. The number of ether oxygens (including phenoxy) is 1. The number of halogens is 2. The molecule has 1 saturated heterocycles. The first-order valence-corrected chi connectivity index (χ1v) is 7.67. The second kappa shape index (κ2) is 5.42. The molecular weight excluding hydrogens is 337 g/mol. The number of anilines is 2. The third-order valence-corrected chi connectivity index (χ3v) is 4.59. The molecule has 1 aromatic heterocycles. The van der Waals surface area contributed by atoms with Crippen molar-refractivity contribution in [1.29, 1.82) is 0 Å². The zero-order chi connectivity index (χ0) is 15.0. The molecule has 1 aromatic carbocycles. The lowest BCUT2D eigenvalue weighted by atomic mass is 9.92. The number of hydrogen-bond acceptors (Lipinski definition) is 4. The van der Waals surface area contributed by atoms with E-state index in [4.69, 9.17) is 10.5 Å². The number of rotatable bonds is 2. The molecule has 0 spiro atoms. The molecule has 0 amide bonds. The number of nitrogens with one attached hydrogen (secondary N) is 1. The number of benzene rings is 1. The predicted molar refractivity (Wildman–Crippen MR) is 85.9 cm³/mol. The molecule has 112 valence electrons. The van der Waals surface area contributed by atoms with E-state index in [2.05, 4.69) is 33.2 Å². The van der Waals surface area contributed by atoms with Gasteiger partial charge >= 0.3 is 0 Å². The molecule has 0 bridgehead atoms. The van der Waals surface area contributed by atoms with Gasteiger partial charge in [0.1, 0.15) is 5.82 Å². The number of fused-ring (bicyclic) bond motifs is 1. The van der Waals surface area contributed by atoms with Gasteiger partial charge in [-0.2, -0.15) is 0 Å². The molecule has 6 heteroatoms. The van der Waals surface area contributed by atoms with E-state index in [0.717, 1.165) is 37.1 Å². The smallest absolute Gasteiger partial charge is 0.139 e. The highest BCUT2D eigenvalue weighted by molar-refractivity contribution is 9.10. The second-order valence-corrected chi connectivity index (χ2v) is 6.52. The maximum Gasteiger partial charge on any atom is 0.139 e. The Bertz CT molecular complexity index is 686. The fraction of sp³-hybridized carbons (Fsp3) is 0.400. The third-order valence-electron chi connectivity index (χ3n) is 3.98. The molecule has 3 N–H and O–H groups in total. The van der Waals surface area contributed by atoms with Crippen molar-refractivity contribution >= 4 is 38.2 Å². The molecule has 1 aliphatic heterocycles. The maximum absolute atomic E-state index is 13.6. The number of nitrogens with zero attached hydrogens (tertiary/aromatic N) is 1. The van der Waals surface area contributed by atoms with Crippen LogP contribution in [0.1, 0.15) is 19.8 Å². The minimum Gasteiger partial charge on any atom is -0.396 e. The van der Waals surface area contributed by atoms with Crippen LogP contribution in [0.2, 0.25) is 0 Å². The summed E-state index contributed by atoms with van der Waals surface area (Å²) in [4.78, 5) is 4.31. The molecule has 1 aliphatic rings. The van der Waals surface area contributed by atoms with E-state index in [1.54, 1.807) is 12.3 Å². The zero-order valence-corrected chi connectivity index (χ0v) is 13.3. The molecule has 0 radical (unpaired) electrons. The van der Waals surface area contributed by atoms with Gasteiger partial charge in [0.25, 0.3) is 0 Å². The Hall–Kier alpha value is -1.40. The SMILES string of the molecule is CC1(Nc2cnc3cc(F)c(Br)cc3c2N)CCOCC1. The molecular formula is C15H17BrFN3O. The average Bonchev–Trinajstić information content (AvgIpc) is 2.45. The Kier molecular flexibility index (Phi) is 3.75. The van der Waals surface area contributed by atoms with Crippen molar-refractivity contribution in [3.05, 3.63) is 28.6 Å². The van der Waals surface area contributed by atoms with Crippen LogP contribution in [0.5, 0.6) is 0 Å². The molecule has 0 unspecified atom stereocenters. The lowest BCUT2D eigenvalue weighted by Crippen LogP contribution is -2.40. The van der Waals surface area contributed by atoms with Crippen LogP contribution < -0.4 is 11.1 Å². The Morgan fingerprint density at radius 2 is 2.10 bits per heavy atom. The molecule has 0 atom stereocenters. The van der Waals surface area contributed by atoms with Crippen LogP contribution in [-0.4, -0.2) is 23.7 Å². The molecule has 0 aliphatic carbocycles. The summed E-state index contributed by atoms with van der Waals surface area (Å²) in [6, 6.07) is 3.06. The normalized spacial score (nSPS) is 17.9. The Morgan fingerprint density at radius 3 is 2.81 bits per heavy atom. The van der Waals surface area contributed by atoms with Gasteiger partial charge in [0, 0.05) is 30.2 Å². The summed E-state index contributed by atoms with van der Waals surface area (Å²) in [6.07, 6.45) is 3.50. The standard InChI is InChI=1S/C15H17BrFN3O/c1-15(2-4-21-5-3-15)20-13-8-19-12-7-11(17)10(16)6-9(12)14(13)18/h6-8,20H,2-5H2,1H3,(H2,18,19). The van der Waals surface area contributed by atoms with E-state index in [1.807, 2.05) is 0 Å². The van der Waals surface area contributed by atoms with Crippen LogP contribution >= 0.6 is 15.9 Å². The quantitative estimate of drug-likeness (QED) is 0.863. The van der Waals surface area contributed by atoms with Crippen molar-refractivity contribution < 1.29 is 9.13 Å². The molecule has 2 aromatic rings. The van der Waals surface area contributed by atoms with Crippen LogP contribution in [0.3, 0.4) is 0 Å². The van der Waals surface area contributed by atoms with E-state index in [0.29, 0.717) is 15.7 Å². The van der Waals surface area contributed by atoms with Gasteiger partial charge < -0.3 is 15.8 Å². The van der Waals surface area contributed by atoms with Gasteiger partial charge in [-0.3, -0.25) is 4.98 Å². The Labute approximate surface area is 131 Å². The summed E-state index contributed by atoms with van der Waals surface area (Å²) in [7, 11) is 0. The number of nitrogens with two attached hydrogens (primary N) is 1. The summed E-state index contributed by atoms with van der Waals surface area (Å²) >= 11 is 3.19. The number of pyridine rings is 1. The minimum absolute atomic E-state index is 0.0566. The summed E-state index contributed by atoms with van der Waals surface area (Å²) in [6.45, 7) is 3.63. The highest BCUT2D eigenvalue weighted by atomic mass is 79.9. The summed E-state index contributed by atoms with van der Waals surface area (Å²) in [5.74, 6) is -0.341. The highest BCUT2D eigenvalue weighted by Gasteiger charge is 2.28. The van der Waals surface area contributed by atoms with E-state index in [9.17, 15) is 4.39 Å². The fourth-order valence-electron chi connectivity index (χ4n) is 2.58. The van der Waals surface area contributed by atoms with Gasteiger partial charge in [-0.1, -0.05) is 0 Å². The van der Waals surface area contributed by atoms with Crippen molar-refractivity contribution in [2.45, 2.75) is 25.3 Å². The molecule has 4 nitrogen and oxygen atoms in total. The van der Waals surface area contributed by atoms with Crippen LogP contribution in [0.25, 0.3) is 10.9 Å². The minimum atomic E-state index is -0.341. The topological polar surface area (TPSA) is 60.2 Å². The molecule has 2 heterocycles. The van der Waals surface area contributed by atoms with Crippen molar-refractivity contribution in [2.24, 2.45) is 0 Å². The lowest BCUT2D eigenvalue weighted by Gasteiger charge is -2.35. The average molecular weight is 354 g/mol. The van der Waals surface area contributed by atoms with E-state index in [-0.39, 0.29) is 11.4 Å². The van der Waals surface area contributed by atoms with Crippen molar-refractivity contribution in [3.63, 3.8) is 0 Å². The van der Waals surface area contributed by atoms with Crippen LogP contribution in [0.15, 0.2) is 22.8 Å². The lowest BCUT2D eigenvalue weighted by molar-refractivity contribution is 0.0658. The largest absolute Gasteiger partial charge is 0.396 e. The van der Waals surface area contributed by atoms with Gasteiger partial charge in [-0.15, -0.1) is 0 Å². The van der Waals surface area contributed by atoms with Gasteiger partial charge in [0.15, 0.2) is 0 Å². The third kappa shape index (κ3) is 2.82. The van der Waals surface area contributed by atoms with Crippen molar-refractivity contribution in [3.8, 4) is 0 Å². The Morgan fingerprint density at radius 1 is 1.38 bits per heavy atom. The van der Waals surface area contributed by atoms with Gasteiger partial charge in [0.05, 0.1) is 27.6 Å². The predicted octanol–water partition coefficient (Wildman–Crippen LogP) is 3.70. The van der Waals surface area contributed by atoms with Gasteiger partial charge in [-0.05, 0) is 41.8 Å². The number of nitrogen functional groups attached to an aromatic ring is 1. The van der Waals surface area contributed by atoms with Crippen LogP contribution in [0.4, 0.5) is 15.8 Å². The van der Waals surface area contributed by atoms with Crippen molar-refractivity contribution in [1.82, 2.24) is 4.98 Å². The first kappa shape index (κ1) is 14.5. The maximum atomic E-state index is 13.6. The zero-order valence-electron chi connectivity index (χ0n) is 11.7. The van der Waals surface area contributed by atoms with Gasteiger partial charge in [-0.25, -0.2) is 4.39 Å². The Balaban J connectivity index is 1.99. The molecule has 1 fully saturated rings. The van der Waals surface area contributed by atoms with Crippen molar-refractivity contribution in [2.75, 3.05) is 24.3 Å². The van der Waals surface area contributed by atoms with Crippen LogP contribution in [-0.2, 0) is 4.74 Å². The highest BCUT2D eigenvalue weighted by Crippen LogP contribution is 2.34. The van der Waals surface area contributed by atoms with E-state index in [1.165, 1.54) is 6.07 Å². The summed E-state index contributed by atoms with van der Waals surface area (Å²) in [5, 5.41) is 4.21. The van der Waals surface area contributed by atoms with Crippen LogP contribution in [0, 0.1) is 5.82 Å². The first-order valence-electron chi connectivity index (χ1n) is 6.88. The molecule has 21 heavy (non-hydrogen) atoms. The number of hydrogen-bond donors (Lipinski definition) is 2. The molecule has 3 rings (SSSR count). The summed E-state index contributed by atoms with van der Waals surface area (Å²) < 4.78 is 19.3.